The van der Waals surface area contributed by atoms with Crippen LogP contribution in [0, 0.1) is 13.8 Å². The van der Waals surface area contributed by atoms with E-state index in [9.17, 15) is 9.59 Å². The molecule has 0 saturated heterocycles. The summed E-state index contributed by atoms with van der Waals surface area (Å²) in [6.07, 6.45) is 0.607. The van der Waals surface area contributed by atoms with Gasteiger partial charge in [0, 0.05) is 6.54 Å². The molecule has 2 heterocycles. The predicted octanol–water partition coefficient (Wildman–Crippen LogP) is 6.79. The molecule has 0 aliphatic carbocycles. The molecule has 0 saturated carbocycles. The molecule has 1 atom stereocenters. The summed E-state index contributed by atoms with van der Waals surface area (Å²) in [4.78, 5) is 29.7. The molecule has 206 valence electrons. The van der Waals surface area contributed by atoms with E-state index in [1.807, 2.05) is 105 Å². The van der Waals surface area contributed by atoms with Crippen LogP contribution < -0.4 is 14.9 Å². The lowest BCUT2D eigenvalue weighted by atomic mass is 9.97. The third-order valence-corrected chi connectivity index (χ3v) is 7.62. The molecule has 0 bridgehead atoms. The summed E-state index contributed by atoms with van der Waals surface area (Å²) in [5.74, 6) is 1.27. The van der Waals surface area contributed by atoms with E-state index in [-0.39, 0.29) is 17.1 Å². The zero-order valence-corrected chi connectivity index (χ0v) is 23.3. The number of rotatable bonds is 8. The van der Waals surface area contributed by atoms with Crippen LogP contribution in [0.1, 0.15) is 50.0 Å². The Kier molecular flexibility index (Phi) is 7.06. The van der Waals surface area contributed by atoms with Gasteiger partial charge >= 0.3 is 0 Å². The Hall–Kier alpha value is -4.84. The fourth-order valence-electron chi connectivity index (χ4n) is 5.61. The molecule has 6 heteroatoms. The summed E-state index contributed by atoms with van der Waals surface area (Å²) in [6.45, 7) is 4.67. The molecule has 6 rings (SSSR count). The summed E-state index contributed by atoms with van der Waals surface area (Å²) in [5.41, 5.74) is 5.38. The van der Waals surface area contributed by atoms with Gasteiger partial charge in [0.2, 0.25) is 5.76 Å². The zero-order valence-electron chi connectivity index (χ0n) is 23.3. The first kappa shape index (κ1) is 26.4. The van der Waals surface area contributed by atoms with Crippen molar-refractivity contribution in [2.24, 2.45) is 0 Å². The average molecular weight is 546 g/mol. The van der Waals surface area contributed by atoms with Crippen LogP contribution in [0.15, 0.2) is 100 Å². The molecule has 1 amide bonds. The standard InChI is InChI=1S/C35H31NO5/c1-22-18-23(2)33-29(19-22)32(37)30-31(26-10-7-11-28(20-26)40-21-25-8-5-4-6-9-25)36(35(38)34(30)41-33)17-16-24-12-14-27(39-3)15-13-24/h4-15,18-20,31H,16-17,21H2,1-3H3. The number of hydrogen-bond acceptors (Lipinski definition) is 5. The minimum absolute atomic E-state index is 0.116. The second kappa shape index (κ2) is 11.0. The summed E-state index contributed by atoms with van der Waals surface area (Å²) in [6, 6.07) is 28.6. The highest BCUT2D eigenvalue weighted by atomic mass is 16.5. The number of methoxy groups -OCH3 is 1. The number of nitrogens with zero attached hydrogens (tertiary/aromatic N) is 1. The Morgan fingerprint density at radius 3 is 2.37 bits per heavy atom. The number of carbonyl (C=O) groups excluding carboxylic acids is 1. The van der Waals surface area contributed by atoms with E-state index >= 15 is 0 Å². The Morgan fingerprint density at radius 1 is 0.829 bits per heavy atom. The van der Waals surface area contributed by atoms with E-state index in [1.165, 1.54) is 0 Å². The summed E-state index contributed by atoms with van der Waals surface area (Å²) in [7, 11) is 1.63. The maximum Gasteiger partial charge on any atom is 0.290 e. The summed E-state index contributed by atoms with van der Waals surface area (Å²) >= 11 is 0. The molecule has 6 nitrogen and oxygen atoms in total. The molecular formula is C35H31NO5. The van der Waals surface area contributed by atoms with Gasteiger partial charge in [0.15, 0.2) is 5.43 Å². The number of ether oxygens (including phenoxy) is 2. The first-order valence-electron chi connectivity index (χ1n) is 13.7. The quantitative estimate of drug-likeness (QED) is 0.215. The molecule has 4 aromatic carbocycles. The van der Waals surface area contributed by atoms with Crippen molar-refractivity contribution in [3.05, 3.63) is 140 Å². The van der Waals surface area contributed by atoms with Crippen molar-refractivity contribution in [3.63, 3.8) is 0 Å². The molecule has 1 aliphatic heterocycles. The highest BCUT2D eigenvalue weighted by Crippen LogP contribution is 2.39. The number of carbonyl (C=O) groups is 1. The topological polar surface area (TPSA) is 69.0 Å². The molecule has 5 aromatic rings. The van der Waals surface area contributed by atoms with Crippen molar-refractivity contribution in [1.82, 2.24) is 4.90 Å². The minimum Gasteiger partial charge on any atom is -0.497 e. The molecule has 1 aliphatic rings. The van der Waals surface area contributed by atoms with Crippen molar-refractivity contribution in [3.8, 4) is 11.5 Å². The van der Waals surface area contributed by atoms with Crippen LogP contribution in [0.3, 0.4) is 0 Å². The maximum atomic E-state index is 14.1. The lowest BCUT2D eigenvalue weighted by molar-refractivity contribution is 0.0729. The van der Waals surface area contributed by atoms with Gasteiger partial charge in [-0.2, -0.15) is 0 Å². The summed E-state index contributed by atoms with van der Waals surface area (Å²) in [5, 5.41) is 0.493. The van der Waals surface area contributed by atoms with Crippen molar-refractivity contribution >= 4 is 16.9 Å². The first-order valence-corrected chi connectivity index (χ1v) is 13.7. The lowest BCUT2D eigenvalue weighted by Gasteiger charge is -2.25. The van der Waals surface area contributed by atoms with Gasteiger partial charge in [0.05, 0.1) is 24.1 Å². The third-order valence-electron chi connectivity index (χ3n) is 7.62. The molecule has 0 spiro atoms. The first-order chi connectivity index (χ1) is 19.9. The lowest BCUT2D eigenvalue weighted by Crippen LogP contribution is -2.31. The smallest absolute Gasteiger partial charge is 0.290 e. The fourth-order valence-corrected chi connectivity index (χ4v) is 5.61. The highest BCUT2D eigenvalue weighted by molar-refractivity contribution is 5.99. The van der Waals surface area contributed by atoms with Gasteiger partial charge in [0.1, 0.15) is 23.7 Å². The van der Waals surface area contributed by atoms with E-state index in [0.717, 1.165) is 33.6 Å². The van der Waals surface area contributed by atoms with E-state index < -0.39 is 6.04 Å². The molecule has 0 N–H and O–H groups in total. The van der Waals surface area contributed by atoms with Gasteiger partial charge in [-0.25, -0.2) is 0 Å². The molecule has 0 radical (unpaired) electrons. The van der Waals surface area contributed by atoms with E-state index in [2.05, 4.69) is 0 Å². The Bertz CT molecular complexity index is 1790. The van der Waals surface area contributed by atoms with E-state index in [4.69, 9.17) is 13.9 Å². The Morgan fingerprint density at radius 2 is 1.61 bits per heavy atom. The molecule has 1 unspecified atom stereocenters. The normalized spacial score (nSPS) is 14.4. The molecule has 1 aromatic heterocycles. The number of aryl methyl sites for hydroxylation is 2. The van der Waals surface area contributed by atoms with Crippen molar-refractivity contribution in [2.45, 2.75) is 32.9 Å². The van der Waals surface area contributed by atoms with Crippen molar-refractivity contribution < 1.29 is 18.7 Å². The molecule has 41 heavy (non-hydrogen) atoms. The van der Waals surface area contributed by atoms with Crippen LogP contribution >= 0.6 is 0 Å². The van der Waals surface area contributed by atoms with Crippen molar-refractivity contribution in [1.29, 1.82) is 0 Å². The molecular weight excluding hydrogens is 514 g/mol. The second-order valence-corrected chi connectivity index (χ2v) is 10.5. The largest absolute Gasteiger partial charge is 0.497 e. The van der Waals surface area contributed by atoms with Crippen molar-refractivity contribution in [2.75, 3.05) is 13.7 Å². The predicted molar refractivity (Wildman–Crippen MR) is 159 cm³/mol. The van der Waals surface area contributed by atoms with Crippen LogP contribution in [0.5, 0.6) is 11.5 Å². The van der Waals surface area contributed by atoms with Gasteiger partial charge in [-0.05, 0) is 78.4 Å². The monoisotopic (exact) mass is 545 g/mol. The highest BCUT2D eigenvalue weighted by Gasteiger charge is 2.42. The van der Waals surface area contributed by atoms with Gasteiger partial charge in [-0.15, -0.1) is 0 Å². The number of fused-ring (bicyclic) bond motifs is 2. The maximum absolute atomic E-state index is 14.1. The third kappa shape index (κ3) is 5.09. The van der Waals surface area contributed by atoms with Gasteiger partial charge in [-0.1, -0.05) is 60.7 Å². The SMILES string of the molecule is COc1ccc(CCN2C(=O)c3oc4c(C)cc(C)cc4c(=O)c3C2c2cccc(OCc3ccccc3)c2)cc1. The van der Waals surface area contributed by atoms with Gasteiger partial charge < -0.3 is 18.8 Å². The average Bonchev–Trinajstić information content (AvgIpc) is 3.28. The zero-order chi connectivity index (χ0) is 28.5. The van der Waals surface area contributed by atoms with Crippen LogP contribution in [0.4, 0.5) is 0 Å². The fraction of sp³-hybridized carbons (Fsp3) is 0.200. The van der Waals surface area contributed by atoms with Gasteiger partial charge in [-0.3, -0.25) is 9.59 Å². The van der Waals surface area contributed by atoms with E-state index in [1.54, 1.807) is 12.0 Å². The van der Waals surface area contributed by atoms with Crippen LogP contribution in [0.2, 0.25) is 0 Å². The van der Waals surface area contributed by atoms with Crippen LogP contribution in [0.25, 0.3) is 11.0 Å². The van der Waals surface area contributed by atoms with Gasteiger partial charge in [0.25, 0.3) is 5.91 Å². The van der Waals surface area contributed by atoms with E-state index in [0.29, 0.717) is 41.9 Å². The summed E-state index contributed by atoms with van der Waals surface area (Å²) < 4.78 is 17.6. The Balaban J connectivity index is 1.41. The Labute approximate surface area is 238 Å². The van der Waals surface area contributed by atoms with Crippen LogP contribution in [-0.2, 0) is 13.0 Å². The second-order valence-electron chi connectivity index (χ2n) is 10.5. The molecule has 0 fully saturated rings. The van der Waals surface area contributed by atoms with Crippen LogP contribution in [-0.4, -0.2) is 24.5 Å². The number of hydrogen-bond donors (Lipinski definition) is 0. The number of benzene rings is 4. The minimum atomic E-state index is -0.600. The number of amides is 1.